The Bertz CT molecular complexity index is 6880. The minimum atomic E-state index is 0.602. The van der Waals surface area contributed by atoms with E-state index in [2.05, 4.69) is 287 Å². The molecule has 0 saturated heterocycles. The first-order valence-electron chi connectivity index (χ1n) is 31.6. The van der Waals surface area contributed by atoms with Gasteiger partial charge in [0.05, 0.1) is 55.7 Å². The second-order valence-electron chi connectivity index (χ2n) is 24.8. The van der Waals surface area contributed by atoms with Gasteiger partial charge in [-0.15, -0.1) is 56.7 Å². The van der Waals surface area contributed by atoms with Crippen LogP contribution in [0.4, 0.5) is 0 Å². The predicted molar refractivity (Wildman–Crippen MR) is 409 cm³/mol. The predicted octanol–water partition coefficient (Wildman–Crippen LogP) is 26.0. The van der Waals surface area contributed by atoms with Gasteiger partial charge in [-0.2, -0.15) is 5.26 Å². The van der Waals surface area contributed by atoms with E-state index in [0.29, 0.717) is 5.56 Å². The summed E-state index contributed by atoms with van der Waals surface area (Å²) in [5, 5.41) is 32.7. The summed E-state index contributed by atoms with van der Waals surface area (Å²) < 4.78 is 20.1. The van der Waals surface area contributed by atoms with Crippen LogP contribution in [-0.2, 0) is 0 Å². The number of thiophene rings is 5. The van der Waals surface area contributed by atoms with Crippen LogP contribution in [0, 0.1) is 11.3 Å². The van der Waals surface area contributed by atoms with E-state index in [1.807, 2.05) is 56.7 Å². The van der Waals surface area contributed by atoms with E-state index in [0.717, 1.165) is 83.2 Å². The van der Waals surface area contributed by atoms with Gasteiger partial charge in [-0.05, 0) is 90.0 Å². The van der Waals surface area contributed by atoms with Crippen molar-refractivity contribution >= 4 is 223 Å². The molecule has 0 aliphatic carbocycles. The molecular weight excluding hydrogens is 1240 g/mol. The minimum absolute atomic E-state index is 0.602. The zero-order chi connectivity index (χ0) is 61.2. The number of nitriles is 1. The van der Waals surface area contributed by atoms with E-state index in [1.54, 1.807) is 0 Å². The van der Waals surface area contributed by atoms with Crippen LogP contribution in [0.1, 0.15) is 5.56 Å². The summed E-state index contributed by atoms with van der Waals surface area (Å²) in [5.41, 5.74) is 13.5. The van der Waals surface area contributed by atoms with Crippen molar-refractivity contribution in [2.75, 3.05) is 0 Å². The molecule has 0 saturated carbocycles. The van der Waals surface area contributed by atoms with Gasteiger partial charge >= 0.3 is 0 Å². The van der Waals surface area contributed by atoms with Crippen molar-refractivity contribution in [3.05, 3.63) is 272 Å². The Labute approximate surface area is 555 Å². The highest BCUT2D eigenvalue weighted by molar-refractivity contribution is 7.28. The Balaban J connectivity index is 1.04. The van der Waals surface area contributed by atoms with Crippen LogP contribution >= 0.6 is 56.7 Å². The summed E-state index contributed by atoms with van der Waals surface area (Å²) in [6.07, 6.45) is 0. The molecule has 4 nitrogen and oxygen atoms in total. The SMILES string of the molecule is N#Cc1c(-c2ccc3c(c2)sc2ccccc23)c(-n2c3ccccc3c3c4sc5ccccc5c4ccc32)c(-n2c3ccccc3c3c4sc5ccccc5c4ccc32)c(-n2c3ccccc3c3c4sc5ccccc5c4ccc32)c1-c1ccc2c(c1)sc1ccccc12. The lowest BCUT2D eigenvalue weighted by atomic mass is 9.87. The summed E-state index contributed by atoms with van der Waals surface area (Å²) >= 11 is 9.27. The quantitative estimate of drug-likeness (QED) is 0.169. The zero-order valence-corrected chi connectivity index (χ0v) is 53.8. The average Bonchev–Trinajstić information content (AvgIpc) is 1.46. The lowest BCUT2D eigenvalue weighted by molar-refractivity contribution is 1.05. The van der Waals surface area contributed by atoms with Crippen molar-refractivity contribution in [1.29, 1.82) is 5.26 Å². The van der Waals surface area contributed by atoms with Crippen molar-refractivity contribution < 1.29 is 0 Å². The largest absolute Gasteiger partial charge is 0.306 e. The van der Waals surface area contributed by atoms with Gasteiger partial charge in [-0.25, -0.2) is 0 Å². The van der Waals surface area contributed by atoms with Crippen LogP contribution in [0.2, 0.25) is 0 Å². The Morgan fingerprint density at radius 2 is 0.511 bits per heavy atom. The molecule has 14 aromatic carbocycles. The van der Waals surface area contributed by atoms with Crippen molar-refractivity contribution in [3.63, 3.8) is 0 Å². The molecule has 8 aromatic heterocycles. The molecule has 0 spiro atoms. The molecule has 0 N–H and O–H groups in total. The number of rotatable bonds is 5. The molecule has 0 bridgehead atoms. The molecule has 0 unspecified atom stereocenters. The Kier molecular flexibility index (Phi) is 10.5. The van der Waals surface area contributed by atoms with E-state index in [9.17, 15) is 5.26 Å². The van der Waals surface area contributed by atoms with Crippen LogP contribution in [0.15, 0.2) is 267 Å². The van der Waals surface area contributed by atoms with Crippen molar-refractivity contribution in [3.8, 4) is 45.4 Å². The third-order valence-corrected chi connectivity index (χ3v) is 26.0. The second-order valence-corrected chi connectivity index (χ2v) is 30.1. The van der Waals surface area contributed by atoms with Crippen LogP contribution in [0.3, 0.4) is 0 Å². The Hall–Kier alpha value is -10.9. The van der Waals surface area contributed by atoms with Crippen molar-refractivity contribution in [1.82, 2.24) is 13.7 Å². The molecule has 434 valence electrons. The summed E-state index contributed by atoms with van der Waals surface area (Å²) in [5.74, 6) is 0. The number of hydrogen-bond donors (Lipinski definition) is 0. The topological polar surface area (TPSA) is 38.6 Å². The molecular formula is C85H44N4S5. The Morgan fingerprint density at radius 3 is 0.862 bits per heavy atom. The first-order valence-corrected chi connectivity index (χ1v) is 35.7. The van der Waals surface area contributed by atoms with Crippen LogP contribution in [0.5, 0.6) is 0 Å². The average molecular weight is 1280 g/mol. The summed E-state index contributed by atoms with van der Waals surface area (Å²) in [6.45, 7) is 0. The summed E-state index contributed by atoms with van der Waals surface area (Å²) in [6, 6.07) is 103. The van der Waals surface area contributed by atoms with Gasteiger partial charge < -0.3 is 13.7 Å². The summed E-state index contributed by atoms with van der Waals surface area (Å²) in [7, 11) is 0. The highest BCUT2D eigenvalue weighted by Crippen LogP contribution is 2.56. The van der Waals surface area contributed by atoms with Gasteiger partial charge in [0.1, 0.15) is 6.07 Å². The molecule has 94 heavy (non-hydrogen) atoms. The fraction of sp³-hybridized carbons (Fsp3) is 0. The van der Waals surface area contributed by atoms with Crippen molar-refractivity contribution in [2.24, 2.45) is 0 Å². The maximum atomic E-state index is 13.2. The molecule has 22 rings (SSSR count). The number of fused-ring (bicyclic) bond motifs is 27. The van der Waals surface area contributed by atoms with E-state index in [1.165, 1.54) is 122 Å². The monoisotopic (exact) mass is 1280 g/mol. The number of hydrogen-bond acceptors (Lipinski definition) is 6. The van der Waals surface area contributed by atoms with Gasteiger partial charge in [-0.3, -0.25) is 0 Å². The van der Waals surface area contributed by atoms with Gasteiger partial charge in [0.15, 0.2) is 0 Å². The first kappa shape index (κ1) is 51.7. The maximum absolute atomic E-state index is 13.2. The van der Waals surface area contributed by atoms with Crippen molar-refractivity contribution in [2.45, 2.75) is 0 Å². The molecule has 8 heterocycles. The lowest BCUT2D eigenvalue weighted by Gasteiger charge is -2.29. The molecule has 22 aromatic rings. The van der Waals surface area contributed by atoms with E-state index in [4.69, 9.17) is 0 Å². The molecule has 0 fully saturated rings. The normalized spacial score (nSPS) is 12.5. The van der Waals surface area contributed by atoms with Crippen LogP contribution in [-0.4, -0.2) is 13.7 Å². The maximum Gasteiger partial charge on any atom is 0.101 e. The third kappa shape index (κ3) is 6.82. The van der Waals surface area contributed by atoms with E-state index >= 15 is 0 Å². The van der Waals surface area contributed by atoms with Gasteiger partial charge in [0.25, 0.3) is 0 Å². The molecule has 0 amide bonds. The van der Waals surface area contributed by atoms with Gasteiger partial charge in [0, 0.05) is 144 Å². The highest BCUT2D eigenvalue weighted by Gasteiger charge is 2.35. The zero-order valence-electron chi connectivity index (χ0n) is 49.7. The number of benzene rings is 14. The molecule has 0 aliphatic rings. The third-order valence-electron chi connectivity index (χ3n) is 20.1. The fourth-order valence-corrected chi connectivity index (χ4v) is 22.3. The van der Waals surface area contributed by atoms with E-state index in [-0.39, 0.29) is 0 Å². The fourth-order valence-electron chi connectivity index (χ4n) is 16.2. The molecule has 0 aliphatic heterocycles. The molecule has 0 radical (unpaired) electrons. The number of para-hydroxylation sites is 3. The van der Waals surface area contributed by atoms with E-state index < -0.39 is 0 Å². The standard InChI is InChI=1S/C85H44N4S5/c86-45-61-75(46-33-35-53-48-17-4-12-28-68(48)90-73(53)43-46)80(87-62-25-9-1-22-58(62)77-65(87)40-37-55-50-19-6-14-30-70(50)92-83(55)77)82(89-64-27-11-3-24-60(64)79-67(89)42-39-57-52-21-8-16-32-72(52)94-85(57)79)81(76(61)47-34-36-54-49-18-5-13-29-69(49)91-74(54)44-47)88-63-26-10-2-23-59(63)78-66(88)41-38-56-51-20-7-15-31-71(51)93-84(56)78/h1-44H. The molecule has 9 heteroatoms. The second kappa shape index (κ2) is 19.1. The van der Waals surface area contributed by atoms with Gasteiger partial charge in [0.2, 0.25) is 0 Å². The Morgan fingerprint density at radius 1 is 0.234 bits per heavy atom. The first-order chi connectivity index (χ1) is 46.6. The minimum Gasteiger partial charge on any atom is -0.306 e. The van der Waals surface area contributed by atoms with Gasteiger partial charge in [-0.1, -0.05) is 188 Å². The number of aromatic nitrogens is 3. The smallest absolute Gasteiger partial charge is 0.101 e. The molecule has 0 atom stereocenters. The van der Waals surface area contributed by atoms with Crippen LogP contribution in [0.25, 0.3) is 206 Å². The summed E-state index contributed by atoms with van der Waals surface area (Å²) in [4.78, 5) is 0. The lowest BCUT2D eigenvalue weighted by Crippen LogP contribution is -2.14. The highest BCUT2D eigenvalue weighted by atomic mass is 32.1. The van der Waals surface area contributed by atoms with Crippen LogP contribution < -0.4 is 0 Å². The number of nitrogens with zero attached hydrogens (tertiary/aromatic N) is 4.